The van der Waals surface area contributed by atoms with Gasteiger partial charge in [-0.05, 0) is 51.1 Å². The zero-order valence-electron chi connectivity index (χ0n) is 22.2. The Labute approximate surface area is 227 Å². The van der Waals surface area contributed by atoms with Crippen LogP contribution in [0.15, 0.2) is 30.9 Å². The first-order valence-corrected chi connectivity index (χ1v) is 13.5. The van der Waals surface area contributed by atoms with Gasteiger partial charge in [-0.2, -0.15) is 5.26 Å². The van der Waals surface area contributed by atoms with Gasteiger partial charge < -0.3 is 29.4 Å². The predicted octanol–water partition coefficient (Wildman–Crippen LogP) is 2.67. The number of ether oxygens (including phenoxy) is 1. The molecule has 6 rings (SSSR count). The van der Waals surface area contributed by atoms with E-state index in [0.717, 1.165) is 49.4 Å². The number of halogens is 1. The van der Waals surface area contributed by atoms with Crippen molar-refractivity contribution in [1.82, 2.24) is 14.8 Å². The molecule has 3 fully saturated rings. The molecular weight excluding hydrogens is 499 g/mol. The Morgan fingerprint density at radius 3 is 2.74 bits per heavy atom. The molecule has 0 unspecified atom stereocenters. The van der Waals surface area contributed by atoms with E-state index in [1.165, 1.54) is 24.3 Å². The molecule has 9 nitrogen and oxygen atoms in total. The normalized spacial score (nSPS) is 21.7. The molecule has 10 heteroatoms. The first-order valence-electron chi connectivity index (χ1n) is 13.5. The molecule has 2 aromatic rings. The zero-order valence-corrected chi connectivity index (χ0v) is 22.2. The van der Waals surface area contributed by atoms with Gasteiger partial charge >= 0.3 is 0 Å². The number of rotatable bonds is 6. The number of aromatic hydroxyl groups is 1. The van der Waals surface area contributed by atoms with Crippen molar-refractivity contribution in [2.24, 2.45) is 5.41 Å². The Balaban J connectivity index is 1.32. The molecule has 1 amide bonds. The van der Waals surface area contributed by atoms with Crippen molar-refractivity contribution >= 4 is 17.3 Å². The van der Waals surface area contributed by atoms with Gasteiger partial charge in [0.05, 0.1) is 17.9 Å². The minimum atomic E-state index is -0.485. The number of likely N-dealkylation sites (N-methyl/N-ethyl adjacent to an activating group) is 1. The zero-order chi connectivity index (χ0) is 27.3. The van der Waals surface area contributed by atoms with E-state index in [4.69, 9.17) is 9.72 Å². The molecule has 0 bridgehead atoms. The van der Waals surface area contributed by atoms with Crippen LogP contribution >= 0.6 is 0 Å². The Morgan fingerprint density at radius 1 is 1.28 bits per heavy atom. The number of nitrogens with zero attached hydrogens (tertiary/aromatic N) is 6. The lowest BCUT2D eigenvalue weighted by atomic mass is 9.72. The van der Waals surface area contributed by atoms with Gasteiger partial charge in [0.15, 0.2) is 0 Å². The lowest BCUT2D eigenvalue weighted by Crippen LogP contribution is -2.73. The molecule has 5 heterocycles. The predicted molar refractivity (Wildman–Crippen MR) is 144 cm³/mol. The van der Waals surface area contributed by atoms with Crippen molar-refractivity contribution in [1.29, 1.82) is 5.26 Å². The van der Waals surface area contributed by atoms with Gasteiger partial charge in [-0.1, -0.05) is 12.6 Å². The van der Waals surface area contributed by atoms with Crippen molar-refractivity contribution in [3.05, 3.63) is 53.5 Å². The van der Waals surface area contributed by atoms with Crippen LogP contribution in [0.3, 0.4) is 0 Å². The molecular formula is C29H33FN6O3. The van der Waals surface area contributed by atoms with Crippen molar-refractivity contribution in [2.45, 2.75) is 31.8 Å². The molecule has 0 saturated carbocycles. The third-order valence-corrected chi connectivity index (χ3v) is 8.68. The fourth-order valence-electron chi connectivity index (χ4n) is 6.63. The van der Waals surface area contributed by atoms with Crippen molar-refractivity contribution < 1.29 is 19.0 Å². The average molecular weight is 533 g/mol. The van der Waals surface area contributed by atoms with Crippen molar-refractivity contribution in [3.63, 3.8) is 0 Å². The van der Waals surface area contributed by atoms with Crippen LogP contribution in [-0.4, -0.2) is 84.8 Å². The molecule has 1 aromatic heterocycles. The number of likely N-dealkylation sites (tertiary alicyclic amines) is 2. The average Bonchev–Trinajstić information content (AvgIpc) is 3.29. The third-order valence-electron chi connectivity index (χ3n) is 8.68. The number of fused-ring (bicyclic) bond motifs is 1. The molecule has 1 atom stereocenters. The van der Waals surface area contributed by atoms with Gasteiger partial charge in [-0.15, -0.1) is 0 Å². The smallest absolute Gasteiger partial charge is 0.245 e. The van der Waals surface area contributed by atoms with Crippen LogP contribution in [0.2, 0.25) is 0 Å². The van der Waals surface area contributed by atoms with Gasteiger partial charge in [-0.25, -0.2) is 9.37 Å². The van der Waals surface area contributed by atoms with E-state index in [2.05, 4.69) is 29.5 Å². The minimum absolute atomic E-state index is 0.0226. The van der Waals surface area contributed by atoms with Crippen LogP contribution in [0, 0.1) is 22.6 Å². The second-order valence-corrected chi connectivity index (χ2v) is 11.3. The van der Waals surface area contributed by atoms with E-state index in [1.807, 2.05) is 0 Å². The number of nitriles is 1. The molecule has 39 heavy (non-hydrogen) atoms. The van der Waals surface area contributed by atoms with Crippen molar-refractivity contribution in [2.75, 3.05) is 62.7 Å². The summed E-state index contributed by atoms with van der Waals surface area (Å²) in [6.45, 7) is 8.66. The van der Waals surface area contributed by atoms with E-state index in [1.54, 1.807) is 9.80 Å². The summed E-state index contributed by atoms with van der Waals surface area (Å²) < 4.78 is 21.0. The van der Waals surface area contributed by atoms with E-state index in [9.17, 15) is 19.6 Å². The Kier molecular flexibility index (Phi) is 6.34. The topological polar surface area (TPSA) is 96.2 Å². The number of hydrogen-bond donors (Lipinski definition) is 1. The summed E-state index contributed by atoms with van der Waals surface area (Å²) in [5, 5.41) is 20.7. The fourth-order valence-corrected chi connectivity index (χ4v) is 6.63. The molecule has 0 aliphatic carbocycles. The van der Waals surface area contributed by atoms with E-state index >= 15 is 0 Å². The number of hydrogen-bond acceptors (Lipinski definition) is 8. The molecule has 4 aliphatic heterocycles. The molecule has 204 valence electrons. The number of pyridine rings is 1. The van der Waals surface area contributed by atoms with Gasteiger partial charge in [-0.3, -0.25) is 4.79 Å². The maximum Gasteiger partial charge on any atom is 0.245 e. The number of phenolic OH excluding ortho intramolecular Hbond substituents is 1. The van der Waals surface area contributed by atoms with Crippen LogP contribution in [0.1, 0.15) is 29.7 Å². The third kappa shape index (κ3) is 4.35. The monoisotopic (exact) mass is 532 g/mol. The molecule has 1 N–H and O–H groups in total. The standard InChI is InChI=1S/C29H33FN6O3/c1-3-25(38)35-15-29(16-35)17-36(18-29)26-20-9-11-34(27-22(30)7-4-8-24(27)37)13-23(20)32-28(21(26)12-31)39-14-19-6-5-10-33(19)2/h3-4,7-8,19,37H,1,5-6,9-11,13-18H2,2H3/t19-/m0/s1. The highest BCUT2D eigenvalue weighted by Gasteiger charge is 2.54. The summed E-state index contributed by atoms with van der Waals surface area (Å²) in [6.07, 6.45) is 4.04. The first-order chi connectivity index (χ1) is 18.8. The summed E-state index contributed by atoms with van der Waals surface area (Å²) in [4.78, 5) is 24.9. The molecule has 4 aliphatic rings. The Morgan fingerprint density at radius 2 is 2.08 bits per heavy atom. The highest BCUT2D eigenvalue weighted by atomic mass is 19.1. The van der Waals surface area contributed by atoms with Gasteiger partial charge in [0, 0.05) is 49.7 Å². The summed E-state index contributed by atoms with van der Waals surface area (Å²) in [6, 6.07) is 6.95. The fraction of sp³-hybridized carbons (Fsp3) is 0.483. The highest BCUT2D eigenvalue weighted by Crippen LogP contribution is 2.47. The number of amides is 1. The number of benzene rings is 1. The number of anilines is 2. The van der Waals surface area contributed by atoms with E-state index in [-0.39, 0.29) is 28.8 Å². The first kappa shape index (κ1) is 25.4. The van der Waals surface area contributed by atoms with Crippen LogP contribution in [0.25, 0.3) is 0 Å². The van der Waals surface area contributed by atoms with Crippen LogP contribution in [0.4, 0.5) is 15.8 Å². The summed E-state index contributed by atoms with van der Waals surface area (Å²) in [5.41, 5.74) is 3.16. The molecule has 0 radical (unpaired) electrons. The SMILES string of the molecule is C=CC(=O)N1CC2(C1)CN(c1c(C#N)c(OC[C@@H]3CCCN3C)nc3c1CCN(c1c(O)cccc1F)C3)C2. The van der Waals surface area contributed by atoms with E-state index < -0.39 is 5.82 Å². The number of carbonyl (C=O) groups excluding carboxylic acids is 1. The summed E-state index contributed by atoms with van der Waals surface area (Å²) in [5.74, 6) is -0.339. The van der Waals surface area contributed by atoms with Gasteiger partial charge in [0.1, 0.15) is 35.5 Å². The van der Waals surface area contributed by atoms with Crippen LogP contribution in [0.5, 0.6) is 11.6 Å². The Bertz CT molecular complexity index is 1340. The van der Waals surface area contributed by atoms with Crippen LogP contribution < -0.4 is 14.5 Å². The van der Waals surface area contributed by atoms with E-state index in [0.29, 0.717) is 50.7 Å². The second kappa shape index (κ2) is 9.72. The maximum absolute atomic E-state index is 14.7. The minimum Gasteiger partial charge on any atom is -0.506 e. The molecule has 1 aromatic carbocycles. The summed E-state index contributed by atoms with van der Waals surface area (Å²) >= 11 is 0. The maximum atomic E-state index is 14.7. The van der Waals surface area contributed by atoms with Gasteiger partial charge in [0.2, 0.25) is 11.8 Å². The largest absolute Gasteiger partial charge is 0.506 e. The number of carbonyl (C=O) groups is 1. The van der Waals surface area contributed by atoms with Crippen LogP contribution in [-0.2, 0) is 17.8 Å². The molecule has 3 saturated heterocycles. The number of aromatic nitrogens is 1. The Hall–Kier alpha value is -3.84. The number of phenols is 1. The van der Waals surface area contributed by atoms with Crippen molar-refractivity contribution in [3.8, 4) is 17.7 Å². The quantitative estimate of drug-likeness (QED) is 0.568. The van der Waals surface area contributed by atoms with Gasteiger partial charge in [0.25, 0.3) is 0 Å². The second-order valence-electron chi connectivity index (χ2n) is 11.3. The summed E-state index contributed by atoms with van der Waals surface area (Å²) in [7, 11) is 2.08. The lowest BCUT2D eigenvalue weighted by molar-refractivity contribution is -0.139. The molecule has 1 spiro atoms. The highest BCUT2D eigenvalue weighted by molar-refractivity contribution is 5.88. The number of para-hydroxylation sites is 1. The lowest BCUT2D eigenvalue weighted by Gasteiger charge is -2.61.